The molecule has 0 fully saturated rings. The molecule has 0 amide bonds. The third-order valence-corrected chi connectivity index (χ3v) is 5.37. The van der Waals surface area contributed by atoms with Crippen molar-refractivity contribution in [3.8, 4) is 11.5 Å². The number of hydrogen-bond donors (Lipinski definition) is 2. The molecular weight excluding hydrogens is 399 g/mol. The first-order valence-electron chi connectivity index (χ1n) is 7.97. The van der Waals surface area contributed by atoms with Crippen molar-refractivity contribution in [3.05, 3.63) is 47.5 Å². The molecule has 2 rings (SSSR count). The van der Waals surface area contributed by atoms with E-state index in [2.05, 4.69) is 0 Å². The van der Waals surface area contributed by atoms with E-state index in [4.69, 9.17) is 37.8 Å². The molecule has 26 heavy (non-hydrogen) atoms. The minimum absolute atomic E-state index is 0.0312. The fourth-order valence-corrected chi connectivity index (χ4v) is 3.46. The molecule has 0 aliphatic rings. The molecule has 0 heterocycles. The molecule has 2 aromatic carbocycles. The van der Waals surface area contributed by atoms with Crippen LogP contribution >= 0.6 is 23.2 Å². The molecule has 0 aromatic heterocycles. The zero-order chi connectivity index (χ0) is 18.9. The van der Waals surface area contributed by atoms with Gasteiger partial charge in [0.2, 0.25) is 0 Å². The van der Waals surface area contributed by atoms with Crippen LogP contribution in [0, 0.1) is 0 Å². The maximum absolute atomic E-state index is 12.7. The summed E-state index contributed by atoms with van der Waals surface area (Å²) in [6, 6.07) is 11.8. The SMILES string of the molecule is O=S(c1ccc(OCCCO)cc1)c1ccc(OCC(O)CCl)c(Cl)c1. The van der Waals surface area contributed by atoms with Crippen LogP contribution in [0.3, 0.4) is 0 Å². The second-order valence-corrected chi connectivity index (χ2v) is 7.57. The van der Waals surface area contributed by atoms with Crippen molar-refractivity contribution in [3.63, 3.8) is 0 Å². The van der Waals surface area contributed by atoms with Crippen molar-refractivity contribution in [2.75, 3.05) is 25.7 Å². The number of hydrogen-bond acceptors (Lipinski definition) is 5. The molecule has 8 heteroatoms. The molecule has 0 saturated carbocycles. The summed E-state index contributed by atoms with van der Waals surface area (Å²) < 4.78 is 23.5. The van der Waals surface area contributed by atoms with E-state index in [0.29, 0.717) is 39.3 Å². The lowest BCUT2D eigenvalue weighted by Gasteiger charge is -2.12. The molecule has 2 unspecified atom stereocenters. The first kappa shape index (κ1) is 21.0. The third-order valence-electron chi connectivity index (χ3n) is 3.34. The molecule has 142 valence electrons. The largest absolute Gasteiger partial charge is 0.494 e. The third kappa shape index (κ3) is 6.14. The second kappa shape index (κ2) is 10.7. The Morgan fingerprint density at radius 2 is 1.77 bits per heavy atom. The first-order chi connectivity index (χ1) is 12.5. The molecule has 2 aromatic rings. The zero-order valence-corrected chi connectivity index (χ0v) is 16.3. The van der Waals surface area contributed by atoms with Crippen molar-refractivity contribution in [2.45, 2.75) is 22.3 Å². The summed E-state index contributed by atoms with van der Waals surface area (Å²) in [6.07, 6.45) is -0.220. The molecule has 0 aliphatic heterocycles. The topological polar surface area (TPSA) is 76.0 Å². The predicted molar refractivity (Wildman–Crippen MR) is 102 cm³/mol. The van der Waals surface area contributed by atoms with Crippen molar-refractivity contribution < 1.29 is 23.9 Å². The van der Waals surface area contributed by atoms with Gasteiger partial charge in [-0.25, -0.2) is 4.21 Å². The van der Waals surface area contributed by atoms with Crippen LogP contribution in [0.15, 0.2) is 52.3 Å². The molecule has 5 nitrogen and oxygen atoms in total. The van der Waals surface area contributed by atoms with Gasteiger partial charge in [-0.15, -0.1) is 11.6 Å². The molecule has 0 spiro atoms. The molecule has 0 aliphatic carbocycles. The van der Waals surface area contributed by atoms with E-state index in [9.17, 15) is 9.32 Å². The average molecular weight is 419 g/mol. The molecule has 2 atom stereocenters. The lowest BCUT2D eigenvalue weighted by atomic mass is 10.3. The Morgan fingerprint density at radius 1 is 1.08 bits per heavy atom. The van der Waals surface area contributed by atoms with E-state index < -0.39 is 16.9 Å². The molecule has 0 radical (unpaired) electrons. The standard InChI is InChI=1S/C18H20Cl2O5S/c19-11-13(22)12-25-18-7-6-16(10-17(18)20)26(23)15-4-2-14(3-5-15)24-9-1-8-21/h2-7,10,13,21-22H,1,8-9,11-12H2. The first-order valence-corrected chi connectivity index (χ1v) is 10.0. The van der Waals surface area contributed by atoms with Gasteiger partial charge in [0.25, 0.3) is 0 Å². The van der Waals surface area contributed by atoms with E-state index in [1.807, 2.05) is 0 Å². The maximum Gasteiger partial charge on any atom is 0.138 e. The van der Waals surface area contributed by atoms with Crippen LogP contribution < -0.4 is 9.47 Å². The fourth-order valence-electron chi connectivity index (χ4n) is 1.99. The summed E-state index contributed by atoms with van der Waals surface area (Å²) >= 11 is 11.7. The van der Waals surface area contributed by atoms with Crippen molar-refractivity contribution in [1.82, 2.24) is 0 Å². The van der Waals surface area contributed by atoms with E-state index in [-0.39, 0.29) is 19.1 Å². The van der Waals surface area contributed by atoms with Crippen LogP contribution in [-0.4, -0.2) is 46.2 Å². The minimum Gasteiger partial charge on any atom is -0.494 e. The van der Waals surface area contributed by atoms with Gasteiger partial charge in [-0.1, -0.05) is 11.6 Å². The Labute approximate surface area is 164 Å². The van der Waals surface area contributed by atoms with Crippen LogP contribution in [0.1, 0.15) is 6.42 Å². The summed E-state index contributed by atoms with van der Waals surface area (Å²) in [7, 11) is -1.40. The van der Waals surface area contributed by atoms with Crippen molar-refractivity contribution >= 4 is 34.0 Å². The number of benzene rings is 2. The number of rotatable bonds is 10. The minimum atomic E-state index is -1.40. The molecule has 0 saturated heterocycles. The van der Waals surface area contributed by atoms with Gasteiger partial charge >= 0.3 is 0 Å². The van der Waals surface area contributed by atoms with Crippen LogP contribution in [0.4, 0.5) is 0 Å². The van der Waals surface area contributed by atoms with Gasteiger partial charge in [0, 0.05) is 22.8 Å². The Bertz CT molecular complexity index is 724. The van der Waals surface area contributed by atoms with Crippen LogP contribution in [0.2, 0.25) is 5.02 Å². The highest BCUT2D eigenvalue weighted by Crippen LogP contribution is 2.29. The smallest absolute Gasteiger partial charge is 0.138 e. The van der Waals surface area contributed by atoms with Crippen LogP contribution in [0.5, 0.6) is 11.5 Å². The number of ether oxygens (including phenoxy) is 2. The summed E-state index contributed by atoms with van der Waals surface area (Å²) in [5.41, 5.74) is 0. The summed E-state index contributed by atoms with van der Waals surface area (Å²) in [4.78, 5) is 1.15. The zero-order valence-electron chi connectivity index (χ0n) is 13.9. The predicted octanol–water partition coefficient (Wildman–Crippen LogP) is 3.25. The molecule has 0 bridgehead atoms. The number of alkyl halides is 1. The van der Waals surface area contributed by atoms with Crippen molar-refractivity contribution in [1.29, 1.82) is 0 Å². The lowest BCUT2D eigenvalue weighted by Crippen LogP contribution is -2.18. The van der Waals surface area contributed by atoms with E-state index in [0.717, 1.165) is 0 Å². The van der Waals surface area contributed by atoms with Gasteiger partial charge in [0.1, 0.15) is 24.2 Å². The second-order valence-electron chi connectivity index (χ2n) is 5.38. The lowest BCUT2D eigenvalue weighted by molar-refractivity contribution is 0.125. The average Bonchev–Trinajstić information content (AvgIpc) is 2.67. The maximum atomic E-state index is 12.7. The van der Waals surface area contributed by atoms with Gasteiger partial charge in [0.15, 0.2) is 0 Å². The van der Waals surface area contributed by atoms with E-state index in [1.54, 1.807) is 42.5 Å². The van der Waals surface area contributed by atoms with Crippen LogP contribution in [-0.2, 0) is 10.8 Å². The fraction of sp³-hybridized carbons (Fsp3) is 0.333. The highest BCUT2D eigenvalue weighted by Gasteiger charge is 2.12. The number of aliphatic hydroxyl groups excluding tert-OH is 2. The highest BCUT2D eigenvalue weighted by molar-refractivity contribution is 7.85. The van der Waals surface area contributed by atoms with Gasteiger partial charge in [-0.05, 0) is 42.5 Å². The number of halogens is 2. The van der Waals surface area contributed by atoms with Crippen LogP contribution in [0.25, 0.3) is 0 Å². The van der Waals surface area contributed by atoms with Gasteiger partial charge < -0.3 is 19.7 Å². The Kier molecular flexibility index (Phi) is 8.68. The van der Waals surface area contributed by atoms with Gasteiger partial charge in [-0.2, -0.15) is 0 Å². The summed E-state index contributed by atoms with van der Waals surface area (Å²) in [5, 5.41) is 18.5. The Hall–Kier alpha value is -1.31. The number of aliphatic hydroxyl groups is 2. The molecular formula is C18H20Cl2O5S. The van der Waals surface area contributed by atoms with Crippen molar-refractivity contribution in [2.24, 2.45) is 0 Å². The van der Waals surface area contributed by atoms with Gasteiger partial charge in [-0.3, -0.25) is 0 Å². The summed E-state index contributed by atoms with van der Waals surface area (Å²) in [6.45, 7) is 0.533. The molecule has 2 N–H and O–H groups in total. The quantitative estimate of drug-likeness (QED) is 0.457. The summed E-state index contributed by atoms with van der Waals surface area (Å²) in [5.74, 6) is 1.11. The monoisotopic (exact) mass is 418 g/mol. The normalized spacial score (nSPS) is 13.2. The Morgan fingerprint density at radius 3 is 2.38 bits per heavy atom. The van der Waals surface area contributed by atoms with E-state index >= 15 is 0 Å². The van der Waals surface area contributed by atoms with Gasteiger partial charge in [0.05, 0.1) is 28.3 Å². The highest BCUT2D eigenvalue weighted by atomic mass is 35.5. The van der Waals surface area contributed by atoms with E-state index in [1.165, 1.54) is 0 Å². The Balaban J connectivity index is 2.03.